The standard InChI is InChI=1S/C21H29N3O3/c1-14-3-4-19-18(9-14)15(2)20(22-19)21(26)24-11-16(17(12-24)13-25)10-23-5-7-27-8-6-23/h3-4,9,16-17,22,25H,5-8,10-13H2,1-2H3/t16-,17-/m1/s1. The topological polar surface area (TPSA) is 68.8 Å². The molecule has 6 nitrogen and oxygen atoms in total. The number of morpholine rings is 1. The first kappa shape index (κ1) is 18.5. The van der Waals surface area contributed by atoms with E-state index >= 15 is 0 Å². The van der Waals surface area contributed by atoms with Crippen LogP contribution in [0.25, 0.3) is 10.9 Å². The molecule has 146 valence electrons. The number of aliphatic hydroxyl groups is 1. The molecule has 2 aromatic rings. The number of hydrogen-bond acceptors (Lipinski definition) is 4. The molecular weight excluding hydrogens is 342 g/mol. The van der Waals surface area contributed by atoms with E-state index in [0.29, 0.717) is 24.7 Å². The van der Waals surface area contributed by atoms with E-state index in [1.165, 1.54) is 5.56 Å². The van der Waals surface area contributed by atoms with Gasteiger partial charge in [-0.05, 0) is 37.5 Å². The largest absolute Gasteiger partial charge is 0.396 e. The van der Waals surface area contributed by atoms with Crippen molar-refractivity contribution >= 4 is 16.8 Å². The van der Waals surface area contributed by atoms with Crippen molar-refractivity contribution in [3.63, 3.8) is 0 Å². The second-order valence-electron chi connectivity index (χ2n) is 8.00. The summed E-state index contributed by atoms with van der Waals surface area (Å²) in [5, 5.41) is 11.0. The normalized spacial score (nSPS) is 24.0. The molecule has 1 aromatic heterocycles. The van der Waals surface area contributed by atoms with E-state index in [-0.39, 0.29) is 18.4 Å². The molecule has 3 heterocycles. The zero-order chi connectivity index (χ0) is 19.0. The van der Waals surface area contributed by atoms with Crippen molar-refractivity contribution in [2.45, 2.75) is 13.8 Å². The summed E-state index contributed by atoms with van der Waals surface area (Å²) in [6, 6.07) is 6.22. The number of aromatic nitrogens is 1. The second-order valence-corrected chi connectivity index (χ2v) is 8.00. The van der Waals surface area contributed by atoms with Crippen LogP contribution in [-0.2, 0) is 4.74 Å². The summed E-state index contributed by atoms with van der Waals surface area (Å²) < 4.78 is 5.43. The number of hydrogen-bond donors (Lipinski definition) is 2. The minimum absolute atomic E-state index is 0.0456. The Morgan fingerprint density at radius 3 is 2.70 bits per heavy atom. The lowest BCUT2D eigenvalue weighted by molar-refractivity contribution is 0.0264. The fourth-order valence-electron chi connectivity index (χ4n) is 4.45. The van der Waals surface area contributed by atoms with Crippen LogP contribution in [0.4, 0.5) is 0 Å². The highest BCUT2D eigenvalue weighted by Crippen LogP contribution is 2.29. The molecule has 2 N–H and O–H groups in total. The molecule has 2 fully saturated rings. The first-order valence-electron chi connectivity index (χ1n) is 9.86. The number of carbonyl (C=O) groups is 1. The molecule has 2 saturated heterocycles. The fraction of sp³-hybridized carbons (Fsp3) is 0.571. The van der Waals surface area contributed by atoms with Crippen molar-refractivity contribution in [2.24, 2.45) is 11.8 Å². The summed E-state index contributed by atoms with van der Waals surface area (Å²) in [4.78, 5) is 20.8. The van der Waals surface area contributed by atoms with E-state index in [1.54, 1.807) is 0 Å². The number of amides is 1. The highest BCUT2D eigenvalue weighted by molar-refractivity contribution is 6.01. The maximum Gasteiger partial charge on any atom is 0.270 e. The van der Waals surface area contributed by atoms with Crippen molar-refractivity contribution in [1.29, 1.82) is 0 Å². The van der Waals surface area contributed by atoms with Crippen LogP contribution in [0.15, 0.2) is 18.2 Å². The second kappa shape index (κ2) is 7.62. The van der Waals surface area contributed by atoms with Crippen LogP contribution in [0, 0.1) is 25.7 Å². The zero-order valence-corrected chi connectivity index (χ0v) is 16.2. The summed E-state index contributed by atoms with van der Waals surface area (Å²) in [5.74, 6) is 0.497. The van der Waals surface area contributed by atoms with Gasteiger partial charge in [0.05, 0.1) is 13.2 Å². The van der Waals surface area contributed by atoms with Gasteiger partial charge in [-0.1, -0.05) is 11.6 Å². The van der Waals surface area contributed by atoms with Crippen molar-refractivity contribution < 1.29 is 14.6 Å². The molecule has 0 aliphatic carbocycles. The average Bonchev–Trinajstić information content (AvgIpc) is 3.23. The quantitative estimate of drug-likeness (QED) is 0.860. The molecule has 0 unspecified atom stereocenters. The summed E-state index contributed by atoms with van der Waals surface area (Å²) >= 11 is 0. The monoisotopic (exact) mass is 371 g/mol. The van der Waals surface area contributed by atoms with Gasteiger partial charge in [0.1, 0.15) is 5.69 Å². The third-order valence-corrected chi connectivity index (χ3v) is 6.12. The van der Waals surface area contributed by atoms with E-state index in [4.69, 9.17) is 4.74 Å². The average molecular weight is 371 g/mol. The Hall–Kier alpha value is -1.89. The molecule has 0 radical (unpaired) electrons. The Morgan fingerprint density at radius 1 is 1.22 bits per heavy atom. The highest BCUT2D eigenvalue weighted by atomic mass is 16.5. The predicted molar refractivity (Wildman–Crippen MR) is 105 cm³/mol. The first-order chi connectivity index (χ1) is 13.1. The summed E-state index contributed by atoms with van der Waals surface area (Å²) in [5.41, 5.74) is 3.88. The highest BCUT2D eigenvalue weighted by Gasteiger charge is 2.37. The molecule has 4 rings (SSSR count). The lowest BCUT2D eigenvalue weighted by Crippen LogP contribution is -2.41. The number of aliphatic hydroxyl groups excluding tert-OH is 1. The number of fused-ring (bicyclic) bond motifs is 1. The van der Waals surface area contributed by atoms with Gasteiger partial charge in [0.2, 0.25) is 0 Å². The molecule has 1 aromatic carbocycles. The molecule has 2 atom stereocenters. The molecule has 0 bridgehead atoms. The van der Waals surface area contributed by atoms with Crippen LogP contribution in [0.3, 0.4) is 0 Å². The van der Waals surface area contributed by atoms with E-state index in [0.717, 1.165) is 49.3 Å². The van der Waals surface area contributed by atoms with E-state index < -0.39 is 0 Å². The van der Waals surface area contributed by atoms with Crippen LogP contribution in [0.2, 0.25) is 0 Å². The Bertz CT molecular complexity index is 825. The third kappa shape index (κ3) is 3.61. The molecular formula is C21H29N3O3. The number of aromatic amines is 1. The van der Waals surface area contributed by atoms with Gasteiger partial charge in [0.15, 0.2) is 0 Å². The van der Waals surface area contributed by atoms with Gasteiger partial charge in [0.25, 0.3) is 5.91 Å². The number of carbonyl (C=O) groups excluding carboxylic acids is 1. The van der Waals surface area contributed by atoms with Crippen molar-refractivity contribution in [3.8, 4) is 0 Å². The number of H-pyrrole nitrogens is 1. The molecule has 2 aliphatic rings. The smallest absolute Gasteiger partial charge is 0.270 e. The van der Waals surface area contributed by atoms with E-state index in [9.17, 15) is 9.90 Å². The first-order valence-corrected chi connectivity index (χ1v) is 9.86. The number of nitrogens with one attached hydrogen (secondary N) is 1. The lowest BCUT2D eigenvalue weighted by atomic mass is 9.96. The van der Waals surface area contributed by atoms with Gasteiger partial charge in [-0.25, -0.2) is 0 Å². The van der Waals surface area contributed by atoms with Gasteiger partial charge in [0, 0.05) is 56.2 Å². The molecule has 0 spiro atoms. The molecule has 1 amide bonds. The molecule has 27 heavy (non-hydrogen) atoms. The minimum atomic E-state index is 0.0456. The summed E-state index contributed by atoms with van der Waals surface area (Å²) in [6.45, 7) is 9.86. The molecule has 2 aliphatic heterocycles. The van der Waals surface area contributed by atoms with E-state index in [1.807, 2.05) is 17.9 Å². The number of rotatable bonds is 4. The van der Waals surface area contributed by atoms with Crippen LogP contribution in [-0.4, -0.2) is 78.3 Å². The number of aryl methyl sites for hydroxylation is 2. The Kier molecular flexibility index (Phi) is 5.21. The van der Waals surface area contributed by atoms with Gasteiger partial charge in [-0.2, -0.15) is 0 Å². The van der Waals surface area contributed by atoms with Gasteiger partial charge in [-0.15, -0.1) is 0 Å². The molecule has 6 heteroatoms. The zero-order valence-electron chi connectivity index (χ0n) is 16.2. The number of benzene rings is 1. The Labute approximate surface area is 160 Å². The van der Waals surface area contributed by atoms with Crippen LogP contribution >= 0.6 is 0 Å². The van der Waals surface area contributed by atoms with Gasteiger partial charge < -0.3 is 19.7 Å². The van der Waals surface area contributed by atoms with Crippen LogP contribution in [0.5, 0.6) is 0 Å². The Morgan fingerprint density at radius 2 is 1.96 bits per heavy atom. The van der Waals surface area contributed by atoms with Crippen molar-refractivity contribution in [3.05, 3.63) is 35.0 Å². The maximum absolute atomic E-state index is 13.2. The van der Waals surface area contributed by atoms with E-state index in [2.05, 4.69) is 28.9 Å². The maximum atomic E-state index is 13.2. The van der Waals surface area contributed by atoms with Crippen LogP contribution < -0.4 is 0 Å². The van der Waals surface area contributed by atoms with Crippen LogP contribution in [0.1, 0.15) is 21.6 Å². The van der Waals surface area contributed by atoms with Gasteiger partial charge in [-0.3, -0.25) is 9.69 Å². The fourth-order valence-corrected chi connectivity index (χ4v) is 4.45. The SMILES string of the molecule is Cc1ccc2[nH]c(C(=O)N3C[C@@H](CN4CCOCC4)[C@@H](CO)C3)c(C)c2c1. The third-order valence-electron chi connectivity index (χ3n) is 6.12. The minimum Gasteiger partial charge on any atom is -0.396 e. The predicted octanol–water partition coefficient (Wildman–Crippen LogP) is 1.80. The summed E-state index contributed by atoms with van der Waals surface area (Å²) in [6.07, 6.45) is 0. The number of nitrogens with zero attached hydrogens (tertiary/aromatic N) is 2. The molecule has 0 saturated carbocycles. The lowest BCUT2D eigenvalue weighted by Gasteiger charge is -2.30. The van der Waals surface area contributed by atoms with Crippen molar-refractivity contribution in [2.75, 3.05) is 52.5 Å². The number of ether oxygens (including phenoxy) is 1. The summed E-state index contributed by atoms with van der Waals surface area (Å²) in [7, 11) is 0. The Balaban J connectivity index is 1.51. The van der Waals surface area contributed by atoms with Crippen molar-refractivity contribution in [1.82, 2.24) is 14.8 Å². The number of likely N-dealkylation sites (tertiary alicyclic amines) is 1. The van der Waals surface area contributed by atoms with Gasteiger partial charge >= 0.3 is 0 Å².